The van der Waals surface area contributed by atoms with Crippen molar-refractivity contribution in [3.05, 3.63) is 57.8 Å². The Hall–Kier alpha value is -2.08. The van der Waals surface area contributed by atoms with Gasteiger partial charge in [0, 0.05) is 24.3 Å². The van der Waals surface area contributed by atoms with Crippen molar-refractivity contribution in [3.63, 3.8) is 0 Å². The number of rotatable bonds is 4. The number of nitrogens with one attached hydrogen (secondary N) is 1. The van der Waals surface area contributed by atoms with E-state index in [2.05, 4.69) is 21.2 Å². The van der Waals surface area contributed by atoms with Gasteiger partial charge in [-0.1, -0.05) is 12.1 Å². The summed E-state index contributed by atoms with van der Waals surface area (Å²) in [6.45, 7) is 0.281. The first-order chi connectivity index (χ1) is 9.47. The second-order valence-corrected chi connectivity index (χ2v) is 5.26. The number of hydrogen-bond acceptors (Lipinski definition) is 2. The first kappa shape index (κ1) is 14.3. The van der Waals surface area contributed by atoms with Crippen molar-refractivity contribution in [2.45, 2.75) is 6.54 Å². The molecular formula is C14H13BrN2O3. The van der Waals surface area contributed by atoms with Crippen LogP contribution in [0.2, 0.25) is 0 Å². The maximum absolute atomic E-state index is 12.0. The number of carboxylic acid groups (broad SMARTS) is 1. The van der Waals surface area contributed by atoms with Crippen molar-refractivity contribution >= 4 is 27.8 Å². The predicted octanol–water partition coefficient (Wildman–Crippen LogP) is 2.42. The molecular weight excluding hydrogens is 324 g/mol. The normalized spacial score (nSPS) is 10.3. The number of amides is 1. The predicted molar refractivity (Wildman–Crippen MR) is 77.7 cm³/mol. The molecule has 0 radical (unpaired) electrons. The van der Waals surface area contributed by atoms with Crippen molar-refractivity contribution in [1.29, 1.82) is 0 Å². The number of carbonyl (C=O) groups is 2. The number of carboxylic acids is 1. The van der Waals surface area contributed by atoms with E-state index in [0.29, 0.717) is 5.69 Å². The molecule has 0 spiro atoms. The maximum atomic E-state index is 12.0. The zero-order chi connectivity index (χ0) is 14.7. The molecule has 5 nitrogen and oxygen atoms in total. The van der Waals surface area contributed by atoms with Gasteiger partial charge in [-0.15, -0.1) is 0 Å². The molecule has 0 bridgehead atoms. The Morgan fingerprint density at radius 1 is 1.35 bits per heavy atom. The van der Waals surface area contributed by atoms with E-state index < -0.39 is 5.97 Å². The lowest BCUT2D eigenvalue weighted by atomic mass is 10.1. The van der Waals surface area contributed by atoms with Crippen LogP contribution in [-0.4, -0.2) is 21.6 Å². The summed E-state index contributed by atoms with van der Waals surface area (Å²) in [6, 6.07) is 8.21. The molecule has 104 valence electrons. The lowest BCUT2D eigenvalue weighted by molar-refractivity contribution is 0.0696. The Morgan fingerprint density at radius 2 is 2.10 bits per heavy atom. The number of hydrogen-bond donors (Lipinski definition) is 2. The molecule has 0 aliphatic carbocycles. The Bertz CT molecular complexity index is 664. The van der Waals surface area contributed by atoms with Crippen LogP contribution in [0.5, 0.6) is 0 Å². The molecule has 1 amide bonds. The molecule has 1 aromatic heterocycles. The first-order valence-electron chi connectivity index (χ1n) is 5.89. The van der Waals surface area contributed by atoms with Crippen molar-refractivity contribution in [1.82, 2.24) is 9.88 Å². The van der Waals surface area contributed by atoms with Gasteiger partial charge in [0.2, 0.25) is 0 Å². The quantitative estimate of drug-likeness (QED) is 0.900. The molecule has 1 aromatic carbocycles. The van der Waals surface area contributed by atoms with Crippen LogP contribution < -0.4 is 5.32 Å². The number of nitrogens with zero attached hydrogens (tertiary/aromatic N) is 1. The lowest BCUT2D eigenvalue weighted by Gasteiger charge is -2.06. The van der Waals surface area contributed by atoms with Crippen molar-refractivity contribution in [2.75, 3.05) is 0 Å². The summed E-state index contributed by atoms with van der Waals surface area (Å²) >= 11 is 3.31. The molecule has 2 N–H and O–H groups in total. The summed E-state index contributed by atoms with van der Waals surface area (Å²) in [5, 5.41) is 11.7. The van der Waals surface area contributed by atoms with Crippen LogP contribution in [0.3, 0.4) is 0 Å². The van der Waals surface area contributed by atoms with Gasteiger partial charge in [0.1, 0.15) is 5.69 Å². The molecule has 0 saturated heterocycles. The highest BCUT2D eigenvalue weighted by atomic mass is 79.9. The van der Waals surface area contributed by atoms with Gasteiger partial charge >= 0.3 is 5.97 Å². The molecule has 0 fully saturated rings. The van der Waals surface area contributed by atoms with Crippen LogP contribution in [0.25, 0.3) is 0 Å². The smallest absolute Gasteiger partial charge is 0.335 e. The zero-order valence-electron chi connectivity index (χ0n) is 10.8. The van der Waals surface area contributed by atoms with E-state index in [1.807, 2.05) is 0 Å². The van der Waals surface area contributed by atoms with E-state index >= 15 is 0 Å². The summed E-state index contributed by atoms with van der Waals surface area (Å²) in [5.74, 6) is -1.19. The zero-order valence-corrected chi connectivity index (χ0v) is 12.3. The maximum Gasteiger partial charge on any atom is 0.335 e. The minimum Gasteiger partial charge on any atom is -0.478 e. The van der Waals surface area contributed by atoms with E-state index in [1.165, 1.54) is 6.07 Å². The minimum absolute atomic E-state index is 0.207. The van der Waals surface area contributed by atoms with Crippen LogP contribution in [0.4, 0.5) is 0 Å². The minimum atomic E-state index is -0.982. The summed E-state index contributed by atoms with van der Waals surface area (Å²) in [5.41, 5.74) is 1.48. The molecule has 0 saturated carbocycles. The molecule has 0 aliphatic heterocycles. The SMILES string of the molecule is Cn1cc(Br)cc1C(=O)NCc1cccc(C(=O)O)c1. The average Bonchev–Trinajstić information content (AvgIpc) is 2.75. The fraction of sp³-hybridized carbons (Fsp3) is 0.143. The molecule has 6 heteroatoms. The van der Waals surface area contributed by atoms with E-state index in [-0.39, 0.29) is 18.0 Å². The third-order valence-electron chi connectivity index (χ3n) is 2.83. The molecule has 0 aliphatic rings. The largest absolute Gasteiger partial charge is 0.478 e. The van der Waals surface area contributed by atoms with Crippen molar-refractivity contribution in [3.8, 4) is 0 Å². The number of aryl methyl sites for hydroxylation is 1. The Labute approximate surface area is 124 Å². The summed E-state index contributed by atoms with van der Waals surface area (Å²) < 4.78 is 2.55. The topological polar surface area (TPSA) is 71.3 Å². The monoisotopic (exact) mass is 336 g/mol. The van der Waals surface area contributed by atoms with Crippen molar-refractivity contribution in [2.24, 2.45) is 7.05 Å². The fourth-order valence-corrected chi connectivity index (χ4v) is 2.36. The van der Waals surface area contributed by atoms with E-state index in [1.54, 1.807) is 42.1 Å². The van der Waals surface area contributed by atoms with Crippen LogP contribution in [0.15, 0.2) is 41.0 Å². The Balaban J connectivity index is 2.05. The van der Waals surface area contributed by atoms with E-state index in [9.17, 15) is 9.59 Å². The lowest BCUT2D eigenvalue weighted by Crippen LogP contribution is -2.24. The second kappa shape index (κ2) is 5.92. The fourth-order valence-electron chi connectivity index (χ4n) is 1.84. The molecule has 2 aromatic rings. The Kier molecular flexibility index (Phi) is 4.24. The standard InChI is InChI=1S/C14H13BrN2O3/c1-17-8-11(15)6-12(17)13(18)16-7-9-3-2-4-10(5-9)14(19)20/h2-6,8H,7H2,1H3,(H,16,18)(H,19,20). The summed E-state index contributed by atoms with van der Waals surface area (Å²) in [6.07, 6.45) is 1.79. The first-order valence-corrected chi connectivity index (χ1v) is 6.69. The number of aromatic carboxylic acids is 1. The highest BCUT2D eigenvalue weighted by Gasteiger charge is 2.11. The van der Waals surface area contributed by atoms with E-state index in [4.69, 9.17) is 5.11 Å². The summed E-state index contributed by atoms with van der Waals surface area (Å²) in [7, 11) is 1.78. The van der Waals surface area contributed by atoms with Gasteiger partial charge in [0.25, 0.3) is 5.91 Å². The van der Waals surface area contributed by atoms with Gasteiger partial charge in [-0.05, 0) is 39.7 Å². The molecule has 2 rings (SSSR count). The van der Waals surface area contributed by atoms with Gasteiger partial charge in [-0.25, -0.2) is 4.79 Å². The highest BCUT2D eigenvalue weighted by molar-refractivity contribution is 9.10. The number of carbonyl (C=O) groups excluding carboxylic acids is 1. The van der Waals surface area contributed by atoms with Crippen LogP contribution in [0, 0.1) is 0 Å². The number of aromatic nitrogens is 1. The molecule has 1 heterocycles. The molecule has 0 atom stereocenters. The number of halogens is 1. The second-order valence-electron chi connectivity index (χ2n) is 4.34. The third-order valence-corrected chi connectivity index (χ3v) is 3.26. The number of benzene rings is 1. The van der Waals surface area contributed by atoms with Crippen LogP contribution >= 0.6 is 15.9 Å². The molecule has 20 heavy (non-hydrogen) atoms. The van der Waals surface area contributed by atoms with Gasteiger partial charge in [-0.3, -0.25) is 4.79 Å². The Morgan fingerprint density at radius 3 is 2.70 bits per heavy atom. The molecule has 0 unspecified atom stereocenters. The third kappa shape index (κ3) is 3.27. The van der Waals surface area contributed by atoms with Gasteiger partial charge in [-0.2, -0.15) is 0 Å². The van der Waals surface area contributed by atoms with Crippen molar-refractivity contribution < 1.29 is 14.7 Å². The van der Waals surface area contributed by atoms with Gasteiger partial charge < -0.3 is 15.0 Å². The van der Waals surface area contributed by atoms with E-state index in [0.717, 1.165) is 10.0 Å². The van der Waals surface area contributed by atoms with Crippen LogP contribution in [0.1, 0.15) is 26.4 Å². The van der Waals surface area contributed by atoms with Gasteiger partial charge in [0.15, 0.2) is 0 Å². The summed E-state index contributed by atoms with van der Waals surface area (Å²) in [4.78, 5) is 22.9. The highest BCUT2D eigenvalue weighted by Crippen LogP contribution is 2.13. The van der Waals surface area contributed by atoms with Gasteiger partial charge in [0.05, 0.1) is 5.56 Å². The average molecular weight is 337 g/mol. The van der Waals surface area contributed by atoms with Crippen LogP contribution in [-0.2, 0) is 13.6 Å².